The minimum Gasteiger partial charge on any atom is -0.350 e. The molecule has 1 aromatic carbocycles. The van der Waals surface area contributed by atoms with Gasteiger partial charge in [-0.1, -0.05) is 18.2 Å². The van der Waals surface area contributed by atoms with Crippen LogP contribution < -0.4 is 16.0 Å². The number of carbonyl (C=O) groups excluding carboxylic acids is 3. The molecule has 138 valence electrons. The van der Waals surface area contributed by atoms with Gasteiger partial charge in [0.25, 0.3) is 0 Å². The van der Waals surface area contributed by atoms with Gasteiger partial charge in [0, 0.05) is 31.7 Å². The van der Waals surface area contributed by atoms with Crippen molar-refractivity contribution in [3.05, 3.63) is 29.8 Å². The average Bonchev–Trinajstić information content (AvgIpc) is 2.47. The van der Waals surface area contributed by atoms with Crippen LogP contribution in [0.25, 0.3) is 0 Å². The van der Waals surface area contributed by atoms with Gasteiger partial charge < -0.3 is 20.9 Å². The van der Waals surface area contributed by atoms with Gasteiger partial charge in [-0.25, -0.2) is 4.79 Å². The van der Waals surface area contributed by atoms with Crippen LogP contribution in [0.15, 0.2) is 24.3 Å². The number of anilines is 1. The molecule has 0 saturated heterocycles. The number of para-hydroxylation sites is 1. The Morgan fingerprint density at radius 2 is 1.76 bits per heavy atom. The molecule has 0 bridgehead atoms. The standard InChI is InChI=1S/C18H28N4O3/c1-12(16(24)21-18(3,4)5)19-17(25)20-15-10-8-7-9-14(15)11-22(6)13(2)23/h7-10,12H,11H2,1-6H3,(H,21,24)(H2,19,20,25)/t12-/m0/s1. The molecule has 0 radical (unpaired) electrons. The molecule has 0 aliphatic carbocycles. The van der Waals surface area contributed by atoms with Crippen LogP contribution in [0, 0.1) is 0 Å². The van der Waals surface area contributed by atoms with Gasteiger partial charge in [-0.3, -0.25) is 9.59 Å². The zero-order valence-corrected chi connectivity index (χ0v) is 15.8. The molecule has 0 heterocycles. The van der Waals surface area contributed by atoms with Crippen molar-refractivity contribution >= 4 is 23.5 Å². The lowest BCUT2D eigenvalue weighted by molar-refractivity contribution is -0.128. The third-order valence-electron chi connectivity index (χ3n) is 3.45. The average molecular weight is 348 g/mol. The highest BCUT2D eigenvalue weighted by atomic mass is 16.2. The number of carbonyl (C=O) groups is 3. The zero-order chi connectivity index (χ0) is 19.2. The van der Waals surface area contributed by atoms with E-state index in [9.17, 15) is 14.4 Å². The Labute approximate surface area is 149 Å². The second-order valence-electron chi connectivity index (χ2n) is 7.09. The molecular formula is C18H28N4O3. The van der Waals surface area contributed by atoms with E-state index in [0.29, 0.717) is 12.2 Å². The molecule has 1 rings (SSSR count). The maximum absolute atomic E-state index is 12.2. The SMILES string of the molecule is CC(=O)N(C)Cc1ccccc1NC(=O)N[C@@H](C)C(=O)NC(C)(C)C. The second kappa shape index (κ2) is 8.50. The number of nitrogens with one attached hydrogen (secondary N) is 3. The highest BCUT2D eigenvalue weighted by Gasteiger charge is 2.21. The Bertz CT molecular complexity index is 637. The van der Waals surface area contributed by atoms with E-state index in [0.717, 1.165) is 5.56 Å². The lowest BCUT2D eigenvalue weighted by Gasteiger charge is -2.24. The molecule has 4 amide bonds. The summed E-state index contributed by atoms with van der Waals surface area (Å²) in [6, 6.07) is 6.07. The molecule has 0 unspecified atom stereocenters. The van der Waals surface area contributed by atoms with Crippen molar-refractivity contribution in [3.8, 4) is 0 Å². The van der Waals surface area contributed by atoms with Gasteiger partial charge in [-0.2, -0.15) is 0 Å². The highest BCUT2D eigenvalue weighted by molar-refractivity contribution is 5.94. The summed E-state index contributed by atoms with van der Waals surface area (Å²) in [5, 5.41) is 8.16. The lowest BCUT2D eigenvalue weighted by Crippen LogP contribution is -2.51. The summed E-state index contributed by atoms with van der Waals surface area (Å²) in [4.78, 5) is 37.2. The minimum absolute atomic E-state index is 0.0632. The molecule has 0 fully saturated rings. The maximum atomic E-state index is 12.2. The van der Waals surface area contributed by atoms with Gasteiger partial charge in [-0.05, 0) is 39.3 Å². The van der Waals surface area contributed by atoms with Crippen LogP contribution >= 0.6 is 0 Å². The molecule has 7 nitrogen and oxygen atoms in total. The smallest absolute Gasteiger partial charge is 0.319 e. The third kappa shape index (κ3) is 7.24. The number of benzene rings is 1. The highest BCUT2D eigenvalue weighted by Crippen LogP contribution is 2.16. The van der Waals surface area contributed by atoms with Gasteiger partial charge in [0.1, 0.15) is 6.04 Å². The van der Waals surface area contributed by atoms with E-state index in [1.54, 1.807) is 31.0 Å². The predicted octanol–water partition coefficient (Wildman–Crippen LogP) is 2.09. The largest absolute Gasteiger partial charge is 0.350 e. The van der Waals surface area contributed by atoms with E-state index in [4.69, 9.17) is 0 Å². The Kier molecular flexibility index (Phi) is 6.97. The number of urea groups is 1. The summed E-state index contributed by atoms with van der Waals surface area (Å²) in [7, 11) is 1.69. The maximum Gasteiger partial charge on any atom is 0.319 e. The van der Waals surface area contributed by atoms with Crippen LogP contribution in [0.5, 0.6) is 0 Å². The summed E-state index contributed by atoms with van der Waals surface area (Å²) in [5.41, 5.74) is 1.03. The van der Waals surface area contributed by atoms with E-state index in [1.165, 1.54) is 6.92 Å². The van der Waals surface area contributed by atoms with Crippen molar-refractivity contribution in [1.82, 2.24) is 15.5 Å². The fraction of sp³-hybridized carbons (Fsp3) is 0.500. The Balaban J connectivity index is 2.71. The normalized spacial score (nSPS) is 12.1. The first-order valence-corrected chi connectivity index (χ1v) is 8.19. The fourth-order valence-electron chi connectivity index (χ4n) is 2.05. The number of amides is 4. The van der Waals surface area contributed by atoms with Crippen molar-refractivity contribution in [2.24, 2.45) is 0 Å². The summed E-state index contributed by atoms with van der Waals surface area (Å²) < 4.78 is 0. The topological polar surface area (TPSA) is 90.5 Å². The van der Waals surface area contributed by atoms with Gasteiger partial charge in [0.2, 0.25) is 11.8 Å². The summed E-state index contributed by atoms with van der Waals surface area (Å²) in [6.07, 6.45) is 0. The van der Waals surface area contributed by atoms with E-state index in [2.05, 4.69) is 16.0 Å². The third-order valence-corrected chi connectivity index (χ3v) is 3.45. The molecular weight excluding hydrogens is 320 g/mol. The molecule has 1 atom stereocenters. The summed E-state index contributed by atoms with van der Waals surface area (Å²) >= 11 is 0. The zero-order valence-electron chi connectivity index (χ0n) is 15.8. The molecule has 25 heavy (non-hydrogen) atoms. The predicted molar refractivity (Wildman–Crippen MR) is 98.1 cm³/mol. The molecule has 0 spiro atoms. The number of hydrogen-bond acceptors (Lipinski definition) is 3. The van der Waals surface area contributed by atoms with Gasteiger partial charge in [0.15, 0.2) is 0 Å². The fourth-order valence-corrected chi connectivity index (χ4v) is 2.05. The van der Waals surface area contributed by atoms with Crippen molar-refractivity contribution in [2.45, 2.75) is 52.7 Å². The van der Waals surface area contributed by atoms with E-state index in [1.807, 2.05) is 32.9 Å². The van der Waals surface area contributed by atoms with Crippen molar-refractivity contribution in [2.75, 3.05) is 12.4 Å². The number of hydrogen-bond donors (Lipinski definition) is 3. The van der Waals surface area contributed by atoms with Crippen LogP contribution in [0.4, 0.5) is 10.5 Å². The Morgan fingerprint density at radius 3 is 2.32 bits per heavy atom. The van der Waals surface area contributed by atoms with Crippen molar-refractivity contribution < 1.29 is 14.4 Å². The monoisotopic (exact) mass is 348 g/mol. The number of nitrogens with zero attached hydrogens (tertiary/aromatic N) is 1. The number of rotatable bonds is 5. The minimum atomic E-state index is -0.675. The van der Waals surface area contributed by atoms with Crippen LogP contribution in [-0.2, 0) is 16.1 Å². The lowest BCUT2D eigenvalue weighted by atomic mass is 10.1. The summed E-state index contributed by atoms with van der Waals surface area (Å²) in [5.74, 6) is -0.320. The molecule has 0 saturated carbocycles. The first-order chi connectivity index (χ1) is 11.5. The van der Waals surface area contributed by atoms with E-state index in [-0.39, 0.29) is 17.4 Å². The molecule has 1 aromatic rings. The van der Waals surface area contributed by atoms with Crippen LogP contribution in [0.2, 0.25) is 0 Å². The van der Waals surface area contributed by atoms with E-state index < -0.39 is 12.1 Å². The van der Waals surface area contributed by atoms with Gasteiger partial charge in [-0.15, -0.1) is 0 Å². The van der Waals surface area contributed by atoms with Gasteiger partial charge >= 0.3 is 6.03 Å². The molecule has 0 aromatic heterocycles. The van der Waals surface area contributed by atoms with Crippen molar-refractivity contribution in [3.63, 3.8) is 0 Å². The molecule has 7 heteroatoms. The van der Waals surface area contributed by atoms with E-state index >= 15 is 0 Å². The molecule has 0 aliphatic heterocycles. The van der Waals surface area contributed by atoms with Crippen LogP contribution in [0.1, 0.15) is 40.2 Å². The quantitative estimate of drug-likeness (QED) is 0.761. The summed E-state index contributed by atoms with van der Waals surface area (Å²) in [6.45, 7) is 9.11. The second-order valence-corrected chi connectivity index (χ2v) is 7.09. The van der Waals surface area contributed by atoms with Crippen LogP contribution in [-0.4, -0.2) is 41.4 Å². The van der Waals surface area contributed by atoms with Crippen molar-refractivity contribution in [1.29, 1.82) is 0 Å². The Morgan fingerprint density at radius 1 is 1.16 bits per heavy atom. The molecule has 3 N–H and O–H groups in total. The molecule has 0 aliphatic rings. The Hall–Kier alpha value is -2.57. The first-order valence-electron chi connectivity index (χ1n) is 8.19. The van der Waals surface area contributed by atoms with Gasteiger partial charge in [0.05, 0.1) is 0 Å². The first kappa shape index (κ1) is 20.5. The van der Waals surface area contributed by atoms with Crippen LogP contribution in [0.3, 0.4) is 0 Å².